The summed E-state index contributed by atoms with van der Waals surface area (Å²) >= 11 is 0. The average Bonchev–Trinajstić information content (AvgIpc) is 2.37. The molecule has 0 saturated carbocycles. The van der Waals surface area contributed by atoms with Crippen LogP contribution in [0.1, 0.15) is 80.1 Å². The monoisotopic (exact) mass is 306 g/mol. The number of carbonyl (C=O) groups excluding carboxylic acids is 2. The van der Waals surface area contributed by atoms with Crippen molar-refractivity contribution in [2.45, 2.75) is 80.1 Å². The van der Waals surface area contributed by atoms with Gasteiger partial charge in [-0.3, -0.25) is 9.59 Å². The fraction of sp³-hybridized carbons (Fsp3) is 0.700. The number of hydrogen-bond acceptors (Lipinski definition) is 2. The summed E-state index contributed by atoms with van der Waals surface area (Å²) in [5.41, 5.74) is 2.61. The first-order valence-electron chi connectivity index (χ1n) is 8.55. The summed E-state index contributed by atoms with van der Waals surface area (Å²) in [7, 11) is 0. The molecular formula is C20H34O2. The van der Waals surface area contributed by atoms with Crippen LogP contribution in [0, 0.1) is 11.8 Å². The maximum atomic E-state index is 12.0. The minimum atomic E-state index is -0.182. The van der Waals surface area contributed by atoms with Crippen molar-refractivity contribution in [1.82, 2.24) is 0 Å². The second kappa shape index (κ2) is 11.4. The van der Waals surface area contributed by atoms with E-state index in [-0.39, 0.29) is 23.4 Å². The maximum absolute atomic E-state index is 12.0. The minimum absolute atomic E-state index is 0.182. The summed E-state index contributed by atoms with van der Waals surface area (Å²) in [6, 6.07) is 0. The van der Waals surface area contributed by atoms with Gasteiger partial charge in [0.25, 0.3) is 0 Å². The Balaban J connectivity index is 4.07. The van der Waals surface area contributed by atoms with Gasteiger partial charge in [-0.1, -0.05) is 37.1 Å². The van der Waals surface area contributed by atoms with Gasteiger partial charge in [-0.05, 0) is 65.2 Å². The third-order valence-electron chi connectivity index (χ3n) is 3.80. The molecule has 0 aliphatic rings. The van der Waals surface area contributed by atoms with Crippen LogP contribution < -0.4 is 0 Å². The molecule has 0 fully saturated rings. The van der Waals surface area contributed by atoms with Gasteiger partial charge >= 0.3 is 0 Å². The minimum Gasteiger partial charge on any atom is -0.291 e. The molecule has 0 saturated heterocycles. The fourth-order valence-electron chi connectivity index (χ4n) is 2.38. The Hall–Kier alpha value is -1.18. The Morgan fingerprint density at radius 1 is 0.727 bits per heavy atom. The van der Waals surface area contributed by atoms with Crippen molar-refractivity contribution in [3.05, 3.63) is 23.3 Å². The van der Waals surface area contributed by atoms with Crippen LogP contribution in [-0.4, -0.2) is 11.6 Å². The zero-order valence-corrected chi connectivity index (χ0v) is 15.4. The molecule has 0 aromatic rings. The third kappa shape index (κ3) is 11.5. The van der Waals surface area contributed by atoms with Gasteiger partial charge in [0, 0.05) is 12.8 Å². The molecule has 126 valence electrons. The van der Waals surface area contributed by atoms with Gasteiger partial charge in [0.1, 0.15) is 0 Å². The number of ketones is 2. The second-order valence-corrected chi connectivity index (χ2v) is 7.18. The van der Waals surface area contributed by atoms with E-state index in [4.69, 9.17) is 0 Å². The Labute approximate surface area is 137 Å². The zero-order chi connectivity index (χ0) is 17.1. The second-order valence-electron chi connectivity index (χ2n) is 7.18. The molecule has 0 rings (SSSR count). The molecular weight excluding hydrogens is 272 g/mol. The first-order valence-corrected chi connectivity index (χ1v) is 8.55. The Morgan fingerprint density at radius 2 is 1.05 bits per heavy atom. The highest BCUT2D eigenvalue weighted by molar-refractivity contribution is 6.37. The predicted molar refractivity (Wildman–Crippen MR) is 94.9 cm³/mol. The highest BCUT2D eigenvalue weighted by Crippen LogP contribution is 2.16. The lowest BCUT2D eigenvalue weighted by Crippen LogP contribution is -2.19. The molecule has 2 heteroatoms. The van der Waals surface area contributed by atoms with Crippen molar-refractivity contribution in [3.63, 3.8) is 0 Å². The van der Waals surface area contributed by atoms with Gasteiger partial charge in [-0.15, -0.1) is 0 Å². The van der Waals surface area contributed by atoms with Crippen LogP contribution in [0.3, 0.4) is 0 Å². The van der Waals surface area contributed by atoms with Crippen molar-refractivity contribution in [2.24, 2.45) is 11.8 Å². The maximum Gasteiger partial charge on any atom is 0.198 e. The first kappa shape index (κ1) is 20.8. The summed E-state index contributed by atoms with van der Waals surface area (Å²) in [5.74, 6) is 0.207. The molecule has 22 heavy (non-hydrogen) atoms. The van der Waals surface area contributed by atoms with E-state index in [0.29, 0.717) is 12.8 Å². The number of carbonyl (C=O) groups is 2. The van der Waals surface area contributed by atoms with Crippen molar-refractivity contribution in [1.29, 1.82) is 0 Å². The lowest BCUT2D eigenvalue weighted by Gasteiger charge is -2.11. The van der Waals surface area contributed by atoms with Crippen LogP contribution in [0.5, 0.6) is 0 Å². The number of rotatable bonds is 11. The highest BCUT2D eigenvalue weighted by Gasteiger charge is 2.19. The molecule has 2 nitrogen and oxygen atoms in total. The van der Waals surface area contributed by atoms with E-state index in [1.54, 1.807) is 0 Å². The van der Waals surface area contributed by atoms with Gasteiger partial charge in [-0.25, -0.2) is 0 Å². The van der Waals surface area contributed by atoms with Crippen LogP contribution in [-0.2, 0) is 9.59 Å². The lowest BCUT2D eigenvalue weighted by atomic mass is 9.92. The molecule has 0 N–H and O–H groups in total. The van der Waals surface area contributed by atoms with Crippen LogP contribution in [0.25, 0.3) is 0 Å². The average molecular weight is 306 g/mol. The molecule has 2 atom stereocenters. The predicted octanol–water partition coefficient (Wildman–Crippen LogP) is 5.67. The van der Waals surface area contributed by atoms with E-state index in [1.165, 1.54) is 11.1 Å². The van der Waals surface area contributed by atoms with E-state index in [9.17, 15) is 9.59 Å². The van der Waals surface area contributed by atoms with Gasteiger partial charge in [0.05, 0.1) is 0 Å². The molecule has 0 bridgehead atoms. The topological polar surface area (TPSA) is 34.1 Å². The van der Waals surface area contributed by atoms with Gasteiger partial charge < -0.3 is 0 Å². The SMILES string of the molecule is CC(C)=CCC[C@H](C)CC(=O)C(=O)C[C@@H](C)CCC=C(C)C. The van der Waals surface area contributed by atoms with Crippen molar-refractivity contribution in [3.8, 4) is 0 Å². The summed E-state index contributed by atoms with van der Waals surface area (Å²) in [6.45, 7) is 12.4. The Bertz CT molecular complexity index is 367. The smallest absolute Gasteiger partial charge is 0.198 e. The van der Waals surface area contributed by atoms with Gasteiger partial charge in [0.15, 0.2) is 11.6 Å². The third-order valence-corrected chi connectivity index (χ3v) is 3.80. The molecule has 0 radical (unpaired) electrons. The van der Waals surface area contributed by atoms with Crippen molar-refractivity contribution < 1.29 is 9.59 Å². The van der Waals surface area contributed by atoms with E-state index in [2.05, 4.69) is 53.7 Å². The van der Waals surface area contributed by atoms with Crippen LogP contribution in [0.2, 0.25) is 0 Å². The summed E-state index contributed by atoms with van der Waals surface area (Å²) in [4.78, 5) is 24.0. The molecule has 0 unspecified atom stereocenters. The lowest BCUT2D eigenvalue weighted by molar-refractivity contribution is -0.137. The van der Waals surface area contributed by atoms with Crippen molar-refractivity contribution in [2.75, 3.05) is 0 Å². The standard InChI is InChI=1S/C20H34O2/c1-15(2)9-7-11-17(5)13-19(21)20(22)14-18(6)12-8-10-16(3)4/h9-10,17-18H,7-8,11-14H2,1-6H3/t17-,18-/m0/s1. The van der Waals surface area contributed by atoms with Crippen LogP contribution >= 0.6 is 0 Å². The molecule has 0 aliphatic carbocycles. The van der Waals surface area contributed by atoms with E-state index in [1.807, 2.05) is 0 Å². The van der Waals surface area contributed by atoms with Gasteiger partial charge in [0.2, 0.25) is 0 Å². The normalized spacial score (nSPS) is 13.2. The first-order chi connectivity index (χ1) is 10.2. The Kier molecular flexibility index (Phi) is 10.8. The number of hydrogen-bond donors (Lipinski definition) is 0. The highest BCUT2D eigenvalue weighted by atomic mass is 16.2. The van der Waals surface area contributed by atoms with Gasteiger partial charge in [-0.2, -0.15) is 0 Å². The molecule has 0 aliphatic heterocycles. The number of Topliss-reactive ketones (excluding diaryl/α,β-unsaturated/α-hetero) is 2. The molecule has 0 spiro atoms. The van der Waals surface area contributed by atoms with Crippen LogP contribution in [0.15, 0.2) is 23.3 Å². The largest absolute Gasteiger partial charge is 0.291 e. The Morgan fingerprint density at radius 3 is 1.32 bits per heavy atom. The van der Waals surface area contributed by atoms with Crippen molar-refractivity contribution >= 4 is 11.6 Å². The molecule has 0 aromatic heterocycles. The van der Waals surface area contributed by atoms with Crippen LogP contribution in [0.4, 0.5) is 0 Å². The molecule has 0 amide bonds. The molecule has 0 heterocycles. The molecule has 0 aromatic carbocycles. The summed E-state index contributed by atoms with van der Waals surface area (Å²) in [6.07, 6.45) is 9.10. The van der Waals surface area contributed by atoms with E-state index < -0.39 is 0 Å². The summed E-state index contributed by atoms with van der Waals surface area (Å²) in [5, 5.41) is 0. The summed E-state index contributed by atoms with van der Waals surface area (Å²) < 4.78 is 0. The quantitative estimate of drug-likeness (QED) is 0.364. The zero-order valence-electron chi connectivity index (χ0n) is 15.4. The van der Waals surface area contributed by atoms with E-state index >= 15 is 0 Å². The van der Waals surface area contributed by atoms with E-state index in [0.717, 1.165) is 25.7 Å². The number of allylic oxidation sites excluding steroid dienone is 4. The fourth-order valence-corrected chi connectivity index (χ4v) is 2.38.